The van der Waals surface area contributed by atoms with Gasteiger partial charge in [0, 0.05) is 42.1 Å². The molecule has 26 heavy (non-hydrogen) atoms. The van der Waals surface area contributed by atoms with Crippen molar-refractivity contribution in [1.82, 2.24) is 13.9 Å². The zero-order valence-electron chi connectivity index (χ0n) is 14.3. The van der Waals surface area contributed by atoms with Crippen molar-refractivity contribution in [3.8, 4) is 0 Å². The average molecular weight is 482 g/mol. The second kappa shape index (κ2) is 6.82. The fraction of sp³-hybridized carbons (Fsp3) is 0.278. The van der Waals surface area contributed by atoms with Crippen molar-refractivity contribution in [3.63, 3.8) is 0 Å². The Bertz CT molecular complexity index is 1040. The predicted molar refractivity (Wildman–Crippen MR) is 111 cm³/mol. The van der Waals surface area contributed by atoms with Crippen molar-refractivity contribution in [2.24, 2.45) is 0 Å². The van der Waals surface area contributed by atoms with E-state index < -0.39 is 10.0 Å². The van der Waals surface area contributed by atoms with Crippen LogP contribution in [0.1, 0.15) is 0 Å². The van der Waals surface area contributed by atoms with Gasteiger partial charge < -0.3 is 9.80 Å². The van der Waals surface area contributed by atoms with Crippen LogP contribution in [0.3, 0.4) is 0 Å². The van der Waals surface area contributed by atoms with Gasteiger partial charge in [-0.1, -0.05) is 18.2 Å². The number of aromatic nitrogens is 2. The molecule has 0 unspecified atom stereocenters. The molecular weight excluding hydrogens is 463 g/mol. The van der Waals surface area contributed by atoms with Gasteiger partial charge in [0.2, 0.25) is 0 Å². The van der Waals surface area contributed by atoms with Crippen LogP contribution in [0.5, 0.6) is 0 Å². The summed E-state index contributed by atoms with van der Waals surface area (Å²) in [4.78, 5) is 9.28. The molecule has 1 fully saturated rings. The Morgan fingerprint density at radius 1 is 1.04 bits per heavy atom. The summed E-state index contributed by atoms with van der Waals surface area (Å²) < 4.78 is 28.4. The lowest BCUT2D eigenvalue weighted by atomic mass is 10.2. The van der Waals surface area contributed by atoms with E-state index in [2.05, 4.69) is 44.4 Å². The van der Waals surface area contributed by atoms with Crippen LogP contribution in [0.25, 0.3) is 11.0 Å². The van der Waals surface area contributed by atoms with E-state index in [1.54, 1.807) is 42.7 Å². The standard InChI is InChI=1S/C18H19IN4O2S/c1-21-9-11-22(12-10-21)16-7-8-20-18-17(16)15(19)13-23(18)26(24,25)14-5-3-2-4-6-14/h2-8,13H,9-12H2,1H3. The van der Waals surface area contributed by atoms with Crippen LogP contribution in [-0.2, 0) is 10.0 Å². The minimum atomic E-state index is -3.68. The molecule has 1 saturated heterocycles. The third kappa shape index (κ3) is 2.99. The van der Waals surface area contributed by atoms with E-state index in [4.69, 9.17) is 0 Å². The first-order valence-electron chi connectivity index (χ1n) is 8.38. The molecule has 0 radical (unpaired) electrons. The molecule has 1 aromatic carbocycles. The molecular formula is C18H19IN4O2S. The van der Waals surface area contributed by atoms with Crippen molar-refractivity contribution in [3.05, 3.63) is 52.4 Å². The number of fused-ring (bicyclic) bond motifs is 1. The van der Waals surface area contributed by atoms with Crippen LogP contribution in [0.2, 0.25) is 0 Å². The van der Waals surface area contributed by atoms with Gasteiger partial charge in [-0.2, -0.15) is 0 Å². The number of anilines is 1. The van der Waals surface area contributed by atoms with E-state index in [9.17, 15) is 8.42 Å². The molecule has 0 aliphatic carbocycles. The highest BCUT2D eigenvalue weighted by molar-refractivity contribution is 14.1. The quantitative estimate of drug-likeness (QED) is 0.538. The maximum absolute atomic E-state index is 13.1. The molecule has 3 heterocycles. The Morgan fingerprint density at radius 3 is 2.42 bits per heavy atom. The van der Waals surface area contributed by atoms with Gasteiger partial charge >= 0.3 is 0 Å². The minimum Gasteiger partial charge on any atom is -0.368 e. The molecule has 2 aromatic heterocycles. The number of hydrogen-bond acceptors (Lipinski definition) is 5. The van der Waals surface area contributed by atoms with Gasteiger partial charge in [0.25, 0.3) is 10.0 Å². The van der Waals surface area contributed by atoms with Crippen molar-refractivity contribution in [1.29, 1.82) is 0 Å². The lowest BCUT2D eigenvalue weighted by Gasteiger charge is -2.34. The Hall–Kier alpha value is -1.65. The van der Waals surface area contributed by atoms with Crippen LogP contribution in [0, 0.1) is 3.57 Å². The number of pyridine rings is 1. The first-order chi connectivity index (χ1) is 12.5. The molecule has 4 rings (SSSR count). The van der Waals surface area contributed by atoms with Gasteiger partial charge in [0.15, 0.2) is 5.65 Å². The van der Waals surface area contributed by atoms with Gasteiger partial charge in [-0.15, -0.1) is 0 Å². The molecule has 0 N–H and O–H groups in total. The molecule has 6 nitrogen and oxygen atoms in total. The molecule has 0 bridgehead atoms. The normalized spacial score (nSPS) is 16.3. The molecule has 0 amide bonds. The minimum absolute atomic E-state index is 0.264. The van der Waals surface area contributed by atoms with Crippen molar-refractivity contribution in [2.45, 2.75) is 4.90 Å². The topological polar surface area (TPSA) is 58.4 Å². The van der Waals surface area contributed by atoms with Gasteiger partial charge in [-0.05, 0) is 47.8 Å². The molecule has 136 valence electrons. The predicted octanol–water partition coefficient (Wildman–Crippen LogP) is 2.63. The van der Waals surface area contributed by atoms with E-state index >= 15 is 0 Å². The second-order valence-electron chi connectivity index (χ2n) is 6.41. The third-order valence-corrected chi connectivity index (χ3v) is 7.21. The molecule has 1 aliphatic rings. The van der Waals surface area contributed by atoms with E-state index in [0.717, 1.165) is 40.8 Å². The first-order valence-corrected chi connectivity index (χ1v) is 10.9. The highest BCUT2D eigenvalue weighted by Crippen LogP contribution is 2.33. The summed E-state index contributed by atoms with van der Waals surface area (Å²) in [5.41, 5.74) is 1.53. The molecule has 3 aromatic rings. The van der Waals surface area contributed by atoms with Crippen LogP contribution in [0.4, 0.5) is 5.69 Å². The van der Waals surface area contributed by atoms with E-state index in [1.807, 2.05) is 6.07 Å². The summed E-state index contributed by atoms with van der Waals surface area (Å²) in [6, 6.07) is 10.5. The summed E-state index contributed by atoms with van der Waals surface area (Å²) in [6.07, 6.45) is 3.36. The van der Waals surface area contributed by atoms with E-state index in [1.165, 1.54) is 3.97 Å². The van der Waals surface area contributed by atoms with Gasteiger partial charge in [0.1, 0.15) is 0 Å². The molecule has 0 spiro atoms. The number of nitrogens with zero attached hydrogens (tertiary/aromatic N) is 4. The van der Waals surface area contributed by atoms with E-state index in [-0.39, 0.29) is 4.90 Å². The van der Waals surface area contributed by atoms with Gasteiger partial charge in [-0.3, -0.25) is 0 Å². The molecule has 0 atom stereocenters. The molecule has 0 saturated carbocycles. The highest BCUT2D eigenvalue weighted by atomic mass is 127. The summed E-state index contributed by atoms with van der Waals surface area (Å²) in [5, 5.41) is 0.900. The van der Waals surface area contributed by atoms with Crippen molar-refractivity contribution in [2.75, 3.05) is 38.1 Å². The number of piperazine rings is 1. The smallest absolute Gasteiger partial charge is 0.269 e. The molecule has 1 aliphatic heterocycles. The Morgan fingerprint density at radius 2 is 1.73 bits per heavy atom. The summed E-state index contributed by atoms with van der Waals surface area (Å²) in [5.74, 6) is 0. The number of benzene rings is 1. The number of hydrogen-bond donors (Lipinski definition) is 0. The number of rotatable bonds is 3. The van der Waals surface area contributed by atoms with Crippen LogP contribution in [-0.4, -0.2) is 55.5 Å². The van der Waals surface area contributed by atoms with E-state index in [0.29, 0.717) is 5.65 Å². The Kier molecular flexibility index (Phi) is 4.66. The fourth-order valence-corrected chi connectivity index (χ4v) is 5.59. The second-order valence-corrected chi connectivity index (χ2v) is 9.39. The van der Waals surface area contributed by atoms with Crippen molar-refractivity contribution < 1.29 is 8.42 Å². The van der Waals surface area contributed by atoms with Gasteiger partial charge in [-0.25, -0.2) is 17.4 Å². The Balaban J connectivity index is 1.86. The monoisotopic (exact) mass is 482 g/mol. The highest BCUT2D eigenvalue weighted by Gasteiger charge is 2.25. The maximum Gasteiger partial charge on any atom is 0.269 e. The Labute approximate surface area is 166 Å². The average Bonchev–Trinajstić information content (AvgIpc) is 3.01. The summed E-state index contributed by atoms with van der Waals surface area (Å²) >= 11 is 2.20. The van der Waals surface area contributed by atoms with Crippen LogP contribution in [0.15, 0.2) is 53.7 Å². The lowest BCUT2D eigenvalue weighted by Crippen LogP contribution is -2.44. The largest absolute Gasteiger partial charge is 0.368 e. The summed E-state index contributed by atoms with van der Waals surface area (Å²) in [7, 11) is -1.56. The van der Waals surface area contributed by atoms with Crippen LogP contribution < -0.4 is 4.90 Å². The third-order valence-electron chi connectivity index (χ3n) is 4.73. The summed E-state index contributed by atoms with van der Waals surface area (Å²) in [6.45, 7) is 3.82. The number of halogens is 1. The first kappa shape index (κ1) is 17.7. The SMILES string of the molecule is CN1CCN(c2ccnc3c2c(I)cn3S(=O)(=O)c2ccccc2)CC1. The zero-order chi connectivity index (χ0) is 18.3. The number of likely N-dealkylation sites (N-methyl/N-ethyl adjacent to an activating group) is 1. The van der Waals surface area contributed by atoms with Crippen molar-refractivity contribution >= 4 is 49.3 Å². The maximum atomic E-state index is 13.1. The lowest BCUT2D eigenvalue weighted by molar-refractivity contribution is 0.313. The zero-order valence-corrected chi connectivity index (χ0v) is 17.3. The fourth-order valence-electron chi connectivity index (χ4n) is 3.27. The van der Waals surface area contributed by atoms with Gasteiger partial charge in [0.05, 0.1) is 16.0 Å². The van der Waals surface area contributed by atoms with Crippen LogP contribution >= 0.6 is 22.6 Å². The molecule has 8 heteroatoms.